The fourth-order valence-electron chi connectivity index (χ4n) is 3.20. The summed E-state index contributed by atoms with van der Waals surface area (Å²) in [5.41, 5.74) is 2.58. The topological polar surface area (TPSA) is 46.9 Å². The van der Waals surface area contributed by atoms with E-state index in [1.807, 2.05) is 42.2 Å². The number of anilines is 2. The number of fused-ring (bicyclic) bond motifs is 1. The fraction of sp³-hybridized carbons (Fsp3) is 0.333. The van der Waals surface area contributed by atoms with E-state index >= 15 is 0 Å². The van der Waals surface area contributed by atoms with Gasteiger partial charge >= 0.3 is 0 Å². The minimum absolute atomic E-state index is 0.308. The molecule has 0 radical (unpaired) electrons. The molecule has 0 aromatic heterocycles. The van der Waals surface area contributed by atoms with Crippen molar-refractivity contribution < 1.29 is 14.6 Å². The molecule has 0 saturated carbocycles. The molecule has 0 saturated heterocycles. The van der Waals surface area contributed by atoms with Gasteiger partial charge in [-0.15, -0.1) is 0 Å². The van der Waals surface area contributed by atoms with Crippen molar-refractivity contribution in [1.82, 2.24) is 0 Å². The standard InChI is InChI=1S/C18H21FN2O2/c1-2-20-12-21(16-10-14(19)8-9-15(16)20)18(17(23)11-22)13-6-4-3-5-7-13/h3-10,17-18,22-23H,2,11-12H2,1H3/t17-,18+/m1/s1. The first-order chi connectivity index (χ1) is 11.2. The smallest absolute Gasteiger partial charge is 0.125 e. The largest absolute Gasteiger partial charge is 0.394 e. The van der Waals surface area contributed by atoms with Crippen LogP contribution in [-0.2, 0) is 0 Å². The highest BCUT2D eigenvalue weighted by Crippen LogP contribution is 2.42. The van der Waals surface area contributed by atoms with Crippen LogP contribution in [0.15, 0.2) is 48.5 Å². The number of hydrogen-bond donors (Lipinski definition) is 2. The molecule has 2 aromatic rings. The van der Waals surface area contributed by atoms with E-state index < -0.39 is 12.1 Å². The highest BCUT2D eigenvalue weighted by Gasteiger charge is 2.35. The van der Waals surface area contributed by atoms with Gasteiger partial charge in [-0.1, -0.05) is 30.3 Å². The van der Waals surface area contributed by atoms with E-state index in [9.17, 15) is 14.6 Å². The lowest BCUT2D eigenvalue weighted by atomic mass is 9.99. The molecule has 0 unspecified atom stereocenters. The van der Waals surface area contributed by atoms with E-state index in [0.717, 1.165) is 23.5 Å². The average Bonchev–Trinajstić information content (AvgIpc) is 2.93. The quantitative estimate of drug-likeness (QED) is 0.890. The van der Waals surface area contributed by atoms with Crippen molar-refractivity contribution in [1.29, 1.82) is 0 Å². The van der Waals surface area contributed by atoms with Gasteiger partial charge in [-0.3, -0.25) is 0 Å². The van der Waals surface area contributed by atoms with Crippen LogP contribution in [0.2, 0.25) is 0 Å². The molecule has 1 aliphatic heterocycles. The van der Waals surface area contributed by atoms with Crippen molar-refractivity contribution in [2.24, 2.45) is 0 Å². The predicted molar refractivity (Wildman–Crippen MR) is 89.0 cm³/mol. The Labute approximate surface area is 135 Å². The third kappa shape index (κ3) is 2.90. The van der Waals surface area contributed by atoms with Crippen LogP contribution in [0.4, 0.5) is 15.8 Å². The summed E-state index contributed by atoms with van der Waals surface area (Å²) in [5, 5.41) is 19.9. The molecule has 0 amide bonds. The zero-order valence-corrected chi connectivity index (χ0v) is 13.1. The minimum Gasteiger partial charge on any atom is -0.394 e. The van der Waals surface area contributed by atoms with E-state index in [4.69, 9.17) is 0 Å². The van der Waals surface area contributed by atoms with Gasteiger partial charge in [0.15, 0.2) is 0 Å². The SMILES string of the molecule is CCN1CN([C@@H](c2ccccc2)[C@H](O)CO)c2cc(F)ccc21. The number of benzene rings is 2. The first-order valence-corrected chi connectivity index (χ1v) is 7.80. The molecule has 2 N–H and O–H groups in total. The Kier molecular flexibility index (Phi) is 4.50. The van der Waals surface area contributed by atoms with Crippen LogP contribution < -0.4 is 9.80 Å². The van der Waals surface area contributed by atoms with Crippen LogP contribution in [0.1, 0.15) is 18.5 Å². The number of aliphatic hydroxyl groups excluding tert-OH is 2. The third-order valence-electron chi connectivity index (χ3n) is 4.32. The summed E-state index contributed by atoms with van der Waals surface area (Å²) in [6.45, 7) is 3.02. The minimum atomic E-state index is -0.953. The fourth-order valence-corrected chi connectivity index (χ4v) is 3.20. The molecule has 1 aliphatic rings. The van der Waals surface area contributed by atoms with Crippen LogP contribution >= 0.6 is 0 Å². The van der Waals surface area contributed by atoms with Gasteiger partial charge in [0.05, 0.1) is 30.7 Å². The molecular formula is C18H21FN2O2. The molecule has 122 valence electrons. The Morgan fingerprint density at radius 1 is 1.13 bits per heavy atom. The van der Waals surface area contributed by atoms with Crippen LogP contribution in [-0.4, -0.2) is 36.1 Å². The summed E-state index contributed by atoms with van der Waals surface area (Å²) < 4.78 is 13.8. The molecule has 0 bridgehead atoms. The van der Waals surface area contributed by atoms with Gasteiger partial charge in [0.1, 0.15) is 11.9 Å². The van der Waals surface area contributed by atoms with Crippen LogP contribution in [0, 0.1) is 5.82 Å². The molecule has 1 heterocycles. The number of hydrogen-bond acceptors (Lipinski definition) is 4. The molecule has 3 rings (SSSR count). The zero-order chi connectivity index (χ0) is 16.4. The number of halogens is 1. The molecular weight excluding hydrogens is 295 g/mol. The Balaban J connectivity index is 2.06. The van der Waals surface area contributed by atoms with Crippen molar-refractivity contribution in [3.8, 4) is 0 Å². The molecule has 2 atom stereocenters. The maximum absolute atomic E-state index is 13.8. The number of nitrogens with zero attached hydrogens (tertiary/aromatic N) is 2. The second-order valence-corrected chi connectivity index (χ2v) is 5.71. The predicted octanol–water partition coefficient (Wildman–Crippen LogP) is 2.52. The van der Waals surface area contributed by atoms with E-state index in [0.29, 0.717) is 6.67 Å². The van der Waals surface area contributed by atoms with E-state index in [1.54, 1.807) is 6.07 Å². The molecule has 0 spiro atoms. The summed E-state index contributed by atoms with van der Waals surface area (Å²) in [6, 6.07) is 13.8. The lowest BCUT2D eigenvalue weighted by Crippen LogP contribution is -2.40. The zero-order valence-electron chi connectivity index (χ0n) is 13.1. The van der Waals surface area contributed by atoms with E-state index in [1.165, 1.54) is 12.1 Å². The Morgan fingerprint density at radius 2 is 1.87 bits per heavy atom. The van der Waals surface area contributed by atoms with Crippen LogP contribution in [0.5, 0.6) is 0 Å². The molecule has 2 aromatic carbocycles. The summed E-state index contributed by atoms with van der Waals surface area (Å²) in [5.74, 6) is -0.308. The maximum Gasteiger partial charge on any atom is 0.125 e. The Hall–Kier alpha value is -2.11. The number of rotatable bonds is 5. The van der Waals surface area contributed by atoms with E-state index in [2.05, 4.69) is 4.90 Å². The highest BCUT2D eigenvalue weighted by atomic mass is 19.1. The molecule has 0 fully saturated rings. The first-order valence-electron chi connectivity index (χ1n) is 7.80. The van der Waals surface area contributed by atoms with Gasteiger partial charge in [0.2, 0.25) is 0 Å². The normalized spacial score (nSPS) is 16.3. The van der Waals surface area contributed by atoms with Gasteiger partial charge in [-0.25, -0.2) is 4.39 Å². The molecule has 4 nitrogen and oxygen atoms in total. The van der Waals surface area contributed by atoms with Gasteiger partial charge < -0.3 is 20.0 Å². The second-order valence-electron chi connectivity index (χ2n) is 5.71. The van der Waals surface area contributed by atoms with Gasteiger partial charge in [0.25, 0.3) is 0 Å². The lowest BCUT2D eigenvalue weighted by Gasteiger charge is -2.33. The van der Waals surface area contributed by atoms with Gasteiger partial charge in [-0.05, 0) is 30.7 Å². The van der Waals surface area contributed by atoms with Gasteiger partial charge in [-0.2, -0.15) is 0 Å². The monoisotopic (exact) mass is 316 g/mol. The summed E-state index contributed by atoms with van der Waals surface area (Å²) in [4.78, 5) is 4.08. The maximum atomic E-state index is 13.8. The van der Waals surface area contributed by atoms with Crippen molar-refractivity contribution in [2.45, 2.75) is 19.1 Å². The van der Waals surface area contributed by atoms with Crippen molar-refractivity contribution in [2.75, 3.05) is 29.6 Å². The molecule has 0 aliphatic carbocycles. The van der Waals surface area contributed by atoms with Crippen molar-refractivity contribution in [3.63, 3.8) is 0 Å². The van der Waals surface area contributed by atoms with E-state index in [-0.39, 0.29) is 12.4 Å². The lowest BCUT2D eigenvalue weighted by molar-refractivity contribution is 0.0716. The molecule has 23 heavy (non-hydrogen) atoms. The Bertz CT molecular complexity index is 665. The summed E-state index contributed by atoms with van der Waals surface area (Å²) in [6.07, 6.45) is -0.953. The first kappa shape index (κ1) is 15.8. The number of aliphatic hydroxyl groups is 2. The van der Waals surface area contributed by atoms with Crippen molar-refractivity contribution in [3.05, 3.63) is 59.9 Å². The van der Waals surface area contributed by atoms with Crippen LogP contribution in [0.25, 0.3) is 0 Å². The summed E-state index contributed by atoms with van der Waals surface area (Å²) in [7, 11) is 0. The highest BCUT2D eigenvalue weighted by molar-refractivity contribution is 5.77. The Morgan fingerprint density at radius 3 is 2.52 bits per heavy atom. The van der Waals surface area contributed by atoms with Crippen molar-refractivity contribution >= 4 is 11.4 Å². The van der Waals surface area contributed by atoms with Crippen LogP contribution in [0.3, 0.4) is 0 Å². The third-order valence-corrected chi connectivity index (χ3v) is 4.32. The second kappa shape index (κ2) is 6.56. The summed E-state index contributed by atoms with van der Waals surface area (Å²) >= 11 is 0. The average molecular weight is 316 g/mol. The molecule has 5 heteroatoms. The van der Waals surface area contributed by atoms with Gasteiger partial charge in [0, 0.05) is 6.54 Å².